The summed E-state index contributed by atoms with van der Waals surface area (Å²) in [5.74, 6) is 1.40. The largest absolute Gasteiger partial charge is 0.338 e. The second kappa shape index (κ2) is 6.47. The van der Waals surface area contributed by atoms with Crippen LogP contribution in [0.15, 0.2) is 18.2 Å². The first kappa shape index (κ1) is 15.8. The van der Waals surface area contributed by atoms with E-state index in [1.807, 2.05) is 0 Å². The van der Waals surface area contributed by atoms with Crippen LogP contribution in [0.3, 0.4) is 0 Å². The summed E-state index contributed by atoms with van der Waals surface area (Å²) in [6.45, 7) is 5.56. The minimum Gasteiger partial charge on any atom is -0.338 e. The molecule has 0 radical (unpaired) electrons. The molecule has 2 rings (SSSR count). The van der Waals surface area contributed by atoms with Crippen LogP contribution in [-0.4, -0.2) is 34.6 Å². The zero-order valence-corrected chi connectivity index (χ0v) is 13.2. The SMILES string of the molecule is CC(C)C(CS)CN1CCc2ccc([N+](=O)[O-])cc2C1=O. The summed E-state index contributed by atoms with van der Waals surface area (Å²) in [6.07, 6.45) is 0.746. The van der Waals surface area contributed by atoms with E-state index in [4.69, 9.17) is 0 Å². The fourth-order valence-electron chi connectivity index (χ4n) is 2.56. The molecule has 1 aliphatic heterocycles. The number of amides is 1. The van der Waals surface area contributed by atoms with Gasteiger partial charge in [-0.25, -0.2) is 0 Å². The number of nitro benzene ring substituents is 1. The normalized spacial score (nSPS) is 16.0. The van der Waals surface area contributed by atoms with Crippen LogP contribution in [0.5, 0.6) is 0 Å². The number of fused-ring (bicyclic) bond motifs is 1. The van der Waals surface area contributed by atoms with Gasteiger partial charge in [0.2, 0.25) is 0 Å². The summed E-state index contributed by atoms with van der Waals surface area (Å²) >= 11 is 4.36. The molecule has 0 saturated heterocycles. The highest BCUT2D eigenvalue weighted by atomic mass is 32.1. The Labute approximate surface area is 129 Å². The number of nitrogens with zero attached hydrogens (tertiary/aromatic N) is 2. The molecule has 1 aromatic carbocycles. The Morgan fingerprint density at radius 3 is 2.71 bits per heavy atom. The number of rotatable bonds is 5. The molecular formula is C15H20N2O3S. The highest BCUT2D eigenvalue weighted by Gasteiger charge is 2.28. The summed E-state index contributed by atoms with van der Waals surface area (Å²) in [7, 11) is 0. The summed E-state index contributed by atoms with van der Waals surface area (Å²) < 4.78 is 0. The highest BCUT2D eigenvalue weighted by Crippen LogP contribution is 2.25. The van der Waals surface area contributed by atoms with Crippen LogP contribution in [0.4, 0.5) is 5.69 Å². The monoisotopic (exact) mass is 308 g/mol. The Hall–Kier alpha value is -1.56. The van der Waals surface area contributed by atoms with Crippen LogP contribution in [0.2, 0.25) is 0 Å². The van der Waals surface area contributed by atoms with E-state index >= 15 is 0 Å². The maximum Gasteiger partial charge on any atom is 0.270 e. The molecular weight excluding hydrogens is 288 g/mol. The quantitative estimate of drug-likeness (QED) is 0.517. The number of carbonyl (C=O) groups is 1. The Kier molecular flexibility index (Phi) is 4.88. The maximum atomic E-state index is 12.5. The zero-order valence-electron chi connectivity index (χ0n) is 12.3. The van der Waals surface area contributed by atoms with Gasteiger partial charge in [0.25, 0.3) is 11.6 Å². The van der Waals surface area contributed by atoms with Crippen molar-refractivity contribution in [1.82, 2.24) is 4.90 Å². The van der Waals surface area contributed by atoms with Gasteiger partial charge in [0.05, 0.1) is 4.92 Å². The molecule has 5 nitrogen and oxygen atoms in total. The van der Waals surface area contributed by atoms with E-state index < -0.39 is 4.92 Å². The molecule has 0 spiro atoms. The average Bonchev–Trinajstić information content (AvgIpc) is 2.46. The standard InChI is InChI=1S/C15H20N2O3S/c1-10(2)12(9-21)8-16-6-5-11-3-4-13(17(19)20)7-14(11)15(16)18/h3-4,7,10,12,21H,5-6,8-9H2,1-2H3. The number of non-ortho nitro benzene ring substituents is 1. The fraction of sp³-hybridized carbons (Fsp3) is 0.533. The van der Waals surface area contributed by atoms with Gasteiger partial charge >= 0.3 is 0 Å². The third-order valence-electron chi connectivity index (χ3n) is 4.11. The van der Waals surface area contributed by atoms with Gasteiger partial charge in [0.15, 0.2) is 0 Å². The lowest BCUT2D eigenvalue weighted by Gasteiger charge is -2.32. The van der Waals surface area contributed by atoms with E-state index in [-0.39, 0.29) is 11.6 Å². The zero-order chi connectivity index (χ0) is 15.6. The van der Waals surface area contributed by atoms with Gasteiger partial charge in [-0.3, -0.25) is 14.9 Å². The molecule has 1 amide bonds. The van der Waals surface area contributed by atoms with Crippen molar-refractivity contribution in [3.63, 3.8) is 0 Å². The fourth-order valence-corrected chi connectivity index (χ4v) is 3.10. The van der Waals surface area contributed by atoms with Crippen LogP contribution < -0.4 is 0 Å². The number of carbonyl (C=O) groups excluding carboxylic acids is 1. The topological polar surface area (TPSA) is 63.4 Å². The van der Waals surface area contributed by atoms with Crippen LogP contribution in [0.25, 0.3) is 0 Å². The van der Waals surface area contributed by atoms with E-state index in [2.05, 4.69) is 26.5 Å². The van der Waals surface area contributed by atoms with E-state index in [1.165, 1.54) is 12.1 Å². The predicted molar refractivity (Wildman–Crippen MR) is 84.9 cm³/mol. The van der Waals surface area contributed by atoms with Crippen molar-refractivity contribution in [1.29, 1.82) is 0 Å². The van der Waals surface area contributed by atoms with Crippen molar-refractivity contribution in [3.05, 3.63) is 39.4 Å². The molecule has 0 N–H and O–H groups in total. The highest BCUT2D eigenvalue weighted by molar-refractivity contribution is 7.80. The van der Waals surface area contributed by atoms with Gasteiger partial charge in [0.1, 0.15) is 0 Å². The minimum atomic E-state index is -0.461. The van der Waals surface area contributed by atoms with Crippen molar-refractivity contribution in [2.24, 2.45) is 11.8 Å². The van der Waals surface area contributed by atoms with Crippen molar-refractivity contribution >= 4 is 24.2 Å². The number of hydrogen-bond acceptors (Lipinski definition) is 4. The van der Waals surface area contributed by atoms with E-state index in [9.17, 15) is 14.9 Å². The van der Waals surface area contributed by atoms with Gasteiger partial charge in [-0.2, -0.15) is 12.6 Å². The molecule has 0 fully saturated rings. The van der Waals surface area contributed by atoms with E-state index in [0.717, 1.165) is 17.7 Å². The molecule has 21 heavy (non-hydrogen) atoms. The summed E-state index contributed by atoms with van der Waals surface area (Å²) in [6, 6.07) is 4.56. The molecule has 0 saturated carbocycles. The lowest BCUT2D eigenvalue weighted by molar-refractivity contribution is -0.384. The van der Waals surface area contributed by atoms with Crippen LogP contribution in [-0.2, 0) is 6.42 Å². The summed E-state index contributed by atoms with van der Waals surface area (Å²) in [5, 5.41) is 10.9. The number of thiol groups is 1. The first-order chi connectivity index (χ1) is 9.93. The molecule has 0 aliphatic carbocycles. The van der Waals surface area contributed by atoms with Gasteiger partial charge < -0.3 is 4.90 Å². The molecule has 1 atom stereocenters. The Balaban J connectivity index is 2.23. The van der Waals surface area contributed by atoms with Crippen LogP contribution >= 0.6 is 12.6 Å². The molecule has 114 valence electrons. The second-order valence-electron chi connectivity index (χ2n) is 5.79. The Morgan fingerprint density at radius 2 is 2.14 bits per heavy atom. The van der Waals surface area contributed by atoms with Crippen molar-refractivity contribution < 1.29 is 9.72 Å². The first-order valence-corrected chi connectivity index (χ1v) is 7.74. The Bertz CT molecular complexity index is 560. The lowest BCUT2D eigenvalue weighted by Crippen LogP contribution is -2.42. The van der Waals surface area contributed by atoms with Crippen molar-refractivity contribution in [2.45, 2.75) is 20.3 Å². The van der Waals surface area contributed by atoms with E-state index in [0.29, 0.717) is 30.5 Å². The molecule has 6 heteroatoms. The van der Waals surface area contributed by atoms with Crippen LogP contribution in [0.1, 0.15) is 29.8 Å². The smallest absolute Gasteiger partial charge is 0.270 e. The van der Waals surface area contributed by atoms with Crippen molar-refractivity contribution in [3.8, 4) is 0 Å². The molecule has 1 aromatic rings. The Morgan fingerprint density at radius 1 is 1.43 bits per heavy atom. The van der Waals surface area contributed by atoms with Gasteiger partial charge in [-0.05, 0) is 29.6 Å². The lowest BCUT2D eigenvalue weighted by atomic mass is 9.94. The predicted octanol–water partition coefficient (Wildman–Crippen LogP) is 2.80. The third kappa shape index (κ3) is 3.37. The molecule has 0 bridgehead atoms. The second-order valence-corrected chi connectivity index (χ2v) is 6.15. The van der Waals surface area contributed by atoms with Gasteiger partial charge in [0, 0.05) is 30.8 Å². The third-order valence-corrected chi connectivity index (χ3v) is 4.57. The molecule has 1 unspecified atom stereocenters. The number of hydrogen-bond donors (Lipinski definition) is 1. The van der Waals surface area contributed by atoms with Gasteiger partial charge in [-0.1, -0.05) is 19.9 Å². The van der Waals surface area contributed by atoms with Crippen LogP contribution in [0, 0.1) is 22.0 Å². The van der Waals surface area contributed by atoms with Gasteiger partial charge in [-0.15, -0.1) is 0 Å². The molecule has 1 aliphatic rings. The van der Waals surface area contributed by atoms with Crippen molar-refractivity contribution in [2.75, 3.05) is 18.8 Å². The summed E-state index contributed by atoms with van der Waals surface area (Å²) in [4.78, 5) is 24.7. The minimum absolute atomic E-state index is 0.0291. The number of nitro groups is 1. The molecule has 0 aromatic heterocycles. The number of benzene rings is 1. The first-order valence-electron chi connectivity index (χ1n) is 7.11. The van der Waals surface area contributed by atoms with E-state index in [1.54, 1.807) is 11.0 Å². The summed E-state index contributed by atoms with van der Waals surface area (Å²) in [5.41, 5.74) is 1.34. The molecule has 1 heterocycles. The average molecular weight is 308 g/mol. The maximum absolute atomic E-state index is 12.5.